The Morgan fingerprint density at radius 2 is 1.26 bits per heavy atom. The van der Waals surface area contributed by atoms with E-state index < -0.39 is 27.8 Å². The molecular formula is C18H13O6PS2. The lowest BCUT2D eigenvalue weighted by Gasteiger charge is -2.06. The SMILES string of the molecule is O=S(=O)(O)c1cccc(-p2c3ccccc3c3ccc(S(=O)(=O)O)cc32)c1. The van der Waals surface area contributed by atoms with Gasteiger partial charge in [-0.15, -0.1) is 0 Å². The summed E-state index contributed by atoms with van der Waals surface area (Å²) in [6.07, 6.45) is 0. The third-order valence-corrected chi connectivity index (χ3v) is 8.53. The second-order valence-corrected chi connectivity index (χ2v) is 11.0. The third-order valence-electron chi connectivity index (χ3n) is 4.32. The van der Waals surface area contributed by atoms with Crippen molar-refractivity contribution in [2.75, 3.05) is 0 Å². The number of hydrogen-bond donors (Lipinski definition) is 2. The topological polar surface area (TPSA) is 109 Å². The Bertz CT molecular complexity index is 1420. The molecule has 2 N–H and O–H groups in total. The fourth-order valence-corrected chi connectivity index (χ4v) is 7.07. The minimum absolute atomic E-state index is 0.215. The molecule has 4 aromatic rings. The van der Waals surface area contributed by atoms with Crippen LogP contribution in [0.5, 0.6) is 0 Å². The Labute approximate surface area is 156 Å². The van der Waals surface area contributed by atoms with E-state index in [1.807, 2.05) is 24.3 Å². The number of hydrogen-bond acceptors (Lipinski definition) is 4. The van der Waals surface area contributed by atoms with Crippen molar-refractivity contribution >= 4 is 48.8 Å². The van der Waals surface area contributed by atoms with Crippen LogP contribution in [0, 0.1) is 0 Å². The van der Waals surface area contributed by atoms with E-state index in [9.17, 15) is 25.9 Å². The summed E-state index contributed by atoms with van der Waals surface area (Å²) in [5, 5.41) is 4.06. The molecule has 4 rings (SSSR count). The summed E-state index contributed by atoms with van der Waals surface area (Å²) in [6.45, 7) is 0. The Morgan fingerprint density at radius 3 is 1.96 bits per heavy atom. The molecule has 1 aromatic heterocycles. The van der Waals surface area contributed by atoms with Crippen molar-refractivity contribution in [1.29, 1.82) is 0 Å². The molecule has 0 saturated heterocycles. The highest BCUT2D eigenvalue weighted by Crippen LogP contribution is 2.55. The monoisotopic (exact) mass is 420 g/mol. The van der Waals surface area contributed by atoms with Gasteiger partial charge in [-0.3, -0.25) is 9.11 Å². The zero-order valence-electron chi connectivity index (χ0n) is 13.6. The van der Waals surface area contributed by atoms with Crippen LogP contribution >= 0.6 is 7.53 Å². The lowest BCUT2D eigenvalue weighted by molar-refractivity contribution is 0.481. The standard InChI is InChI=1S/C18H13O6PS2/c19-26(20,21)13-5-3-4-12(10-13)25-17-7-2-1-6-15(17)16-9-8-14(11-18(16)25)27(22,23)24/h1-11H,(H,19,20,21)(H,22,23,24). The van der Waals surface area contributed by atoms with E-state index in [4.69, 9.17) is 0 Å². The molecule has 0 aliphatic carbocycles. The van der Waals surface area contributed by atoms with Crippen molar-refractivity contribution in [2.45, 2.75) is 9.79 Å². The Balaban J connectivity index is 2.15. The summed E-state index contributed by atoms with van der Waals surface area (Å²) in [4.78, 5) is -0.438. The summed E-state index contributed by atoms with van der Waals surface area (Å²) in [7, 11) is -9.99. The van der Waals surface area contributed by atoms with Crippen molar-refractivity contribution in [2.24, 2.45) is 0 Å². The predicted octanol–water partition coefficient (Wildman–Crippen LogP) is 4.46. The summed E-state index contributed by atoms with van der Waals surface area (Å²) >= 11 is 0. The maximum absolute atomic E-state index is 11.6. The zero-order valence-corrected chi connectivity index (χ0v) is 16.2. The molecule has 0 radical (unpaired) electrons. The molecule has 27 heavy (non-hydrogen) atoms. The Kier molecular flexibility index (Phi) is 4.14. The second kappa shape index (κ2) is 6.15. The van der Waals surface area contributed by atoms with E-state index in [0.717, 1.165) is 15.9 Å². The number of fused-ring (bicyclic) bond motifs is 3. The molecule has 138 valence electrons. The molecule has 0 aliphatic rings. The molecule has 0 spiro atoms. The summed E-state index contributed by atoms with van der Waals surface area (Å²) < 4.78 is 65.0. The molecule has 0 fully saturated rings. The van der Waals surface area contributed by atoms with Gasteiger partial charge in [0, 0.05) is 15.5 Å². The minimum Gasteiger partial charge on any atom is -0.282 e. The summed E-state index contributed by atoms with van der Waals surface area (Å²) in [5.74, 6) is 0. The van der Waals surface area contributed by atoms with Gasteiger partial charge in [0.15, 0.2) is 0 Å². The van der Waals surface area contributed by atoms with Crippen LogP contribution in [0.1, 0.15) is 0 Å². The van der Waals surface area contributed by atoms with Crippen LogP contribution in [-0.2, 0) is 20.2 Å². The van der Waals surface area contributed by atoms with E-state index in [0.29, 0.717) is 10.4 Å². The molecular weight excluding hydrogens is 407 g/mol. The highest BCUT2D eigenvalue weighted by molar-refractivity contribution is 7.86. The summed E-state index contributed by atoms with van der Waals surface area (Å²) in [5.41, 5.74) is 0. The molecule has 1 atom stereocenters. The van der Waals surface area contributed by atoms with Gasteiger partial charge >= 0.3 is 0 Å². The first kappa shape index (κ1) is 18.2. The smallest absolute Gasteiger partial charge is 0.282 e. The van der Waals surface area contributed by atoms with E-state index in [-0.39, 0.29) is 9.79 Å². The Morgan fingerprint density at radius 1 is 0.630 bits per heavy atom. The maximum Gasteiger partial charge on any atom is 0.294 e. The van der Waals surface area contributed by atoms with Crippen LogP contribution in [0.4, 0.5) is 0 Å². The van der Waals surface area contributed by atoms with Gasteiger partial charge in [-0.1, -0.05) is 50.0 Å². The molecule has 1 unspecified atom stereocenters. The predicted molar refractivity (Wildman–Crippen MR) is 105 cm³/mol. The van der Waals surface area contributed by atoms with Gasteiger partial charge in [0.1, 0.15) is 0 Å². The van der Waals surface area contributed by atoms with Crippen LogP contribution in [-0.4, -0.2) is 25.9 Å². The number of rotatable bonds is 3. The van der Waals surface area contributed by atoms with Crippen LogP contribution < -0.4 is 0 Å². The highest BCUT2D eigenvalue weighted by Gasteiger charge is 2.18. The fraction of sp³-hybridized carbons (Fsp3) is 0. The van der Waals surface area contributed by atoms with Crippen LogP contribution in [0.25, 0.3) is 26.3 Å². The molecule has 0 saturated carbocycles. The largest absolute Gasteiger partial charge is 0.294 e. The van der Waals surface area contributed by atoms with Gasteiger partial charge in [-0.25, -0.2) is 0 Å². The van der Waals surface area contributed by atoms with E-state index >= 15 is 0 Å². The third kappa shape index (κ3) is 3.16. The molecule has 6 nitrogen and oxygen atoms in total. The minimum atomic E-state index is -4.37. The normalized spacial score (nSPS) is 13.3. The van der Waals surface area contributed by atoms with Crippen molar-refractivity contribution in [3.05, 3.63) is 66.7 Å². The first-order valence-corrected chi connectivity index (χ1v) is 12.0. The van der Waals surface area contributed by atoms with Crippen molar-refractivity contribution in [1.82, 2.24) is 0 Å². The fourth-order valence-electron chi connectivity index (χ4n) is 3.17. The molecule has 9 heteroatoms. The average molecular weight is 420 g/mol. The highest BCUT2D eigenvalue weighted by atomic mass is 32.2. The molecule has 0 aliphatic heterocycles. The maximum atomic E-state index is 11.6. The summed E-state index contributed by atoms with van der Waals surface area (Å²) in [6, 6.07) is 17.9. The lowest BCUT2D eigenvalue weighted by atomic mass is 10.2. The van der Waals surface area contributed by atoms with E-state index in [1.54, 1.807) is 12.1 Å². The molecule has 0 amide bonds. The van der Waals surface area contributed by atoms with E-state index in [1.165, 1.54) is 30.3 Å². The van der Waals surface area contributed by atoms with E-state index in [2.05, 4.69) is 0 Å². The van der Waals surface area contributed by atoms with Gasteiger partial charge in [0.2, 0.25) is 0 Å². The lowest BCUT2D eigenvalue weighted by Crippen LogP contribution is -1.97. The molecule has 3 aromatic carbocycles. The first-order valence-electron chi connectivity index (χ1n) is 7.75. The van der Waals surface area contributed by atoms with Crippen molar-refractivity contribution in [3.63, 3.8) is 0 Å². The van der Waals surface area contributed by atoms with Crippen molar-refractivity contribution < 1.29 is 25.9 Å². The zero-order chi connectivity index (χ0) is 19.4. The Hall–Kier alpha value is -2.22. The molecule has 1 heterocycles. The van der Waals surface area contributed by atoms with Crippen LogP contribution in [0.15, 0.2) is 76.5 Å². The van der Waals surface area contributed by atoms with Gasteiger partial charge in [0.25, 0.3) is 20.2 Å². The quantitative estimate of drug-likeness (QED) is 0.474. The van der Waals surface area contributed by atoms with Gasteiger partial charge in [-0.2, -0.15) is 16.8 Å². The first-order chi connectivity index (χ1) is 12.7. The van der Waals surface area contributed by atoms with Crippen LogP contribution in [0.3, 0.4) is 0 Å². The second-order valence-electron chi connectivity index (χ2n) is 5.98. The van der Waals surface area contributed by atoms with Crippen molar-refractivity contribution in [3.8, 4) is 5.30 Å². The number of benzene rings is 3. The van der Waals surface area contributed by atoms with Crippen LogP contribution in [0.2, 0.25) is 0 Å². The van der Waals surface area contributed by atoms with Gasteiger partial charge < -0.3 is 0 Å². The van der Waals surface area contributed by atoms with Gasteiger partial charge in [-0.05, 0) is 35.0 Å². The molecule has 0 bridgehead atoms. The van der Waals surface area contributed by atoms with Gasteiger partial charge in [0.05, 0.1) is 9.79 Å². The average Bonchev–Trinajstić information content (AvgIpc) is 2.94.